The Bertz CT molecular complexity index is 537. The van der Waals surface area contributed by atoms with Crippen molar-refractivity contribution >= 4 is 10.0 Å². The summed E-state index contributed by atoms with van der Waals surface area (Å²) < 4.78 is 32.4. The molecule has 1 N–H and O–H groups in total. The Morgan fingerprint density at radius 3 is 2.45 bits per heavy atom. The van der Waals surface area contributed by atoms with Gasteiger partial charge in [0.15, 0.2) is 0 Å². The Balaban J connectivity index is 1.77. The van der Waals surface area contributed by atoms with Crippen LogP contribution in [0.1, 0.15) is 32.6 Å². The lowest BCUT2D eigenvalue weighted by Crippen LogP contribution is -2.33. The Morgan fingerprint density at radius 1 is 1.14 bits per heavy atom. The van der Waals surface area contributed by atoms with Crippen LogP contribution in [-0.4, -0.2) is 46.1 Å². The topological polar surface area (TPSA) is 58.6 Å². The molecule has 0 atom stereocenters. The van der Waals surface area contributed by atoms with Gasteiger partial charge < -0.3 is 9.64 Å². The van der Waals surface area contributed by atoms with Crippen LogP contribution in [-0.2, 0) is 10.0 Å². The van der Waals surface area contributed by atoms with E-state index in [2.05, 4.69) is 9.62 Å². The van der Waals surface area contributed by atoms with Crippen LogP contribution in [0.5, 0.6) is 5.75 Å². The van der Waals surface area contributed by atoms with E-state index in [1.165, 1.54) is 19.3 Å². The third-order valence-electron chi connectivity index (χ3n) is 3.84. The zero-order chi connectivity index (χ0) is 15.8. The molecule has 1 aromatic rings. The first-order valence-corrected chi connectivity index (χ1v) is 9.55. The number of rotatable bonds is 8. The summed E-state index contributed by atoms with van der Waals surface area (Å²) >= 11 is 0. The zero-order valence-electron chi connectivity index (χ0n) is 13.3. The average Bonchev–Trinajstić information content (AvgIpc) is 2.53. The van der Waals surface area contributed by atoms with Gasteiger partial charge in [0.05, 0.1) is 11.5 Å². The van der Waals surface area contributed by atoms with E-state index in [0.29, 0.717) is 18.9 Å². The van der Waals surface area contributed by atoms with Crippen LogP contribution < -0.4 is 9.46 Å². The number of likely N-dealkylation sites (tertiary alicyclic amines) is 1. The number of ether oxygens (including phenoxy) is 1. The standard InChI is InChI=1S/C16H26N2O3S/c1-2-21-15-7-9-16(10-8-15)22(19,20)17-11-6-14-18-12-4-3-5-13-18/h7-10,17H,2-6,11-14H2,1H3. The van der Waals surface area contributed by atoms with Crippen LogP contribution in [0.3, 0.4) is 0 Å². The van der Waals surface area contributed by atoms with Crippen LogP contribution in [0.15, 0.2) is 29.2 Å². The Hall–Kier alpha value is -1.11. The zero-order valence-corrected chi connectivity index (χ0v) is 14.1. The second kappa shape index (κ2) is 8.50. The maximum Gasteiger partial charge on any atom is 0.240 e. The van der Waals surface area contributed by atoms with E-state index in [1.807, 2.05) is 6.92 Å². The van der Waals surface area contributed by atoms with E-state index >= 15 is 0 Å². The monoisotopic (exact) mass is 326 g/mol. The molecule has 0 aliphatic carbocycles. The van der Waals surface area contributed by atoms with Gasteiger partial charge in [-0.2, -0.15) is 0 Å². The summed E-state index contributed by atoms with van der Waals surface area (Å²) in [5.74, 6) is 0.687. The summed E-state index contributed by atoms with van der Waals surface area (Å²) in [6, 6.07) is 6.54. The molecular formula is C16H26N2O3S. The van der Waals surface area contributed by atoms with Crippen LogP contribution in [0, 0.1) is 0 Å². The molecule has 0 bridgehead atoms. The smallest absolute Gasteiger partial charge is 0.240 e. The van der Waals surface area contributed by atoms with Crippen LogP contribution >= 0.6 is 0 Å². The lowest BCUT2D eigenvalue weighted by atomic mass is 10.1. The van der Waals surface area contributed by atoms with Gasteiger partial charge in [-0.15, -0.1) is 0 Å². The average molecular weight is 326 g/mol. The highest BCUT2D eigenvalue weighted by Crippen LogP contribution is 2.15. The maximum absolute atomic E-state index is 12.2. The second-order valence-electron chi connectivity index (χ2n) is 5.56. The van der Waals surface area contributed by atoms with Crippen molar-refractivity contribution in [2.45, 2.75) is 37.5 Å². The van der Waals surface area contributed by atoms with Gasteiger partial charge in [0.2, 0.25) is 10.0 Å². The largest absolute Gasteiger partial charge is 0.494 e. The van der Waals surface area contributed by atoms with Crippen molar-refractivity contribution in [1.29, 1.82) is 0 Å². The Labute approximate surface area is 133 Å². The lowest BCUT2D eigenvalue weighted by Gasteiger charge is -2.26. The van der Waals surface area contributed by atoms with Crippen molar-refractivity contribution in [3.05, 3.63) is 24.3 Å². The number of hydrogen-bond donors (Lipinski definition) is 1. The Kier molecular flexibility index (Phi) is 6.67. The molecule has 0 aromatic heterocycles. The summed E-state index contributed by atoms with van der Waals surface area (Å²) in [6.07, 6.45) is 4.69. The molecule has 0 spiro atoms. The minimum Gasteiger partial charge on any atom is -0.494 e. The molecule has 0 saturated carbocycles. The van der Waals surface area contributed by atoms with Gasteiger partial charge in [0, 0.05) is 6.54 Å². The highest BCUT2D eigenvalue weighted by atomic mass is 32.2. The molecule has 124 valence electrons. The van der Waals surface area contributed by atoms with Crippen LogP contribution in [0.2, 0.25) is 0 Å². The molecule has 2 rings (SSSR count). The molecule has 1 aromatic carbocycles. The first-order chi connectivity index (χ1) is 10.6. The first-order valence-electron chi connectivity index (χ1n) is 8.07. The van der Waals surface area contributed by atoms with Gasteiger partial charge in [-0.3, -0.25) is 0 Å². The van der Waals surface area contributed by atoms with E-state index in [9.17, 15) is 8.42 Å². The molecule has 0 unspecified atom stereocenters. The summed E-state index contributed by atoms with van der Waals surface area (Å²) in [5.41, 5.74) is 0. The molecule has 0 amide bonds. The highest BCUT2D eigenvalue weighted by molar-refractivity contribution is 7.89. The van der Waals surface area contributed by atoms with Gasteiger partial charge in [0.1, 0.15) is 5.75 Å². The van der Waals surface area contributed by atoms with Crippen LogP contribution in [0.25, 0.3) is 0 Å². The van der Waals surface area contributed by atoms with Crippen molar-refractivity contribution in [3.63, 3.8) is 0 Å². The molecule has 6 heteroatoms. The predicted molar refractivity (Wildman–Crippen MR) is 87.7 cm³/mol. The third-order valence-corrected chi connectivity index (χ3v) is 5.31. The quantitative estimate of drug-likeness (QED) is 0.744. The third kappa shape index (κ3) is 5.26. The lowest BCUT2D eigenvalue weighted by molar-refractivity contribution is 0.227. The summed E-state index contributed by atoms with van der Waals surface area (Å²) in [5, 5.41) is 0. The minimum atomic E-state index is -3.42. The number of sulfonamides is 1. The normalized spacial score (nSPS) is 16.6. The maximum atomic E-state index is 12.2. The second-order valence-corrected chi connectivity index (χ2v) is 7.32. The van der Waals surface area contributed by atoms with E-state index < -0.39 is 10.0 Å². The van der Waals surface area contributed by atoms with Gasteiger partial charge in [-0.25, -0.2) is 13.1 Å². The first kappa shape index (κ1) is 17.2. The molecule has 1 fully saturated rings. The van der Waals surface area contributed by atoms with E-state index in [4.69, 9.17) is 4.74 Å². The predicted octanol–water partition coefficient (Wildman–Crippen LogP) is 2.24. The number of nitrogens with zero attached hydrogens (tertiary/aromatic N) is 1. The van der Waals surface area contributed by atoms with Gasteiger partial charge >= 0.3 is 0 Å². The molecule has 1 aliphatic rings. The fraction of sp³-hybridized carbons (Fsp3) is 0.625. The van der Waals surface area contributed by atoms with Crippen molar-refractivity contribution in [3.8, 4) is 5.75 Å². The molecule has 5 nitrogen and oxygen atoms in total. The van der Waals surface area contributed by atoms with Gasteiger partial charge in [-0.05, 0) is 70.1 Å². The summed E-state index contributed by atoms with van der Waals surface area (Å²) in [4.78, 5) is 2.70. The SMILES string of the molecule is CCOc1ccc(S(=O)(=O)NCCCN2CCCCC2)cc1. The number of benzene rings is 1. The molecular weight excluding hydrogens is 300 g/mol. The summed E-state index contributed by atoms with van der Waals surface area (Å²) in [6.45, 7) is 6.20. The van der Waals surface area contributed by atoms with E-state index in [1.54, 1.807) is 24.3 Å². The summed E-state index contributed by atoms with van der Waals surface area (Å²) in [7, 11) is -3.42. The van der Waals surface area contributed by atoms with Crippen molar-refractivity contribution in [2.75, 3.05) is 32.8 Å². The van der Waals surface area contributed by atoms with Crippen molar-refractivity contribution < 1.29 is 13.2 Å². The molecule has 1 heterocycles. The fourth-order valence-corrected chi connectivity index (χ4v) is 3.73. The molecule has 0 radical (unpaired) electrons. The highest BCUT2D eigenvalue weighted by Gasteiger charge is 2.14. The minimum absolute atomic E-state index is 0.286. The van der Waals surface area contributed by atoms with Crippen LogP contribution in [0.4, 0.5) is 0 Å². The number of piperidine rings is 1. The van der Waals surface area contributed by atoms with E-state index in [0.717, 1.165) is 26.1 Å². The van der Waals surface area contributed by atoms with Crippen molar-refractivity contribution in [2.24, 2.45) is 0 Å². The molecule has 1 aliphatic heterocycles. The number of nitrogens with one attached hydrogen (secondary N) is 1. The molecule has 22 heavy (non-hydrogen) atoms. The molecule has 1 saturated heterocycles. The number of hydrogen-bond acceptors (Lipinski definition) is 4. The Morgan fingerprint density at radius 2 is 1.82 bits per heavy atom. The fourth-order valence-electron chi connectivity index (χ4n) is 2.66. The van der Waals surface area contributed by atoms with Gasteiger partial charge in [0.25, 0.3) is 0 Å². The van der Waals surface area contributed by atoms with Crippen molar-refractivity contribution in [1.82, 2.24) is 9.62 Å². The van der Waals surface area contributed by atoms with Gasteiger partial charge in [-0.1, -0.05) is 6.42 Å². The van der Waals surface area contributed by atoms with E-state index in [-0.39, 0.29) is 4.90 Å².